The van der Waals surface area contributed by atoms with E-state index in [1.807, 2.05) is 9.80 Å². The number of halogens is 3. The van der Waals surface area contributed by atoms with Crippen LogP contribution in [0.1, 0.15) is 12.0 Å². The molecule has 6 nitrogen and oxygen atoms in total. The molecule has 2 aromatic carbocycles. The molecule has 9 heteroatoms. The smallest absolute Gasteiger partial charge is 0.416 e. The standard InChI is InChI=1S/C22H22F3N3O3/c1-31-18-7-5-16(6-8-18)28-20(29)14-19(21(28)30)27-11-9-26(10-12-27)17-4-2-3-15(13-17)22(23,24)25/h2-8,13,19H,9-12,14H2,1H3/t19-/m1/s1. The number of nitrogens with zero attached hydrogens (tertiary/aromatic N) is 3. The Bertz CT molecular complexity index is 970. The van der Waals surface area contributed by atoms with Crippen LogP contribution < -0.4 is 14.5 Å². The molecule has 2 heterocycles. The number of imide groups is 1. The fourth-order valence-electron chi connectivity index (χ4n) is 4.07. The zero-order valence-electron chi connectivity index (χ0n) is 16.9. The third-order valence-electron chi connectivity index (χ3n) is 5.75. The predicted octanol–water partition coefficient (Wildman–Crippen LogP) is 3.17. The van der Waals surface area contributed by atoms with Gasteiger partial charge in [-0.25, -0.2) is 4.90 Å². The van der Waals surface area contributed by atoms with E-state index in [4.69, 9.17) is 4.74 Å². The number of anilines is 2. The van der Waals surface area contributed by atoms with E-state index >= 15 is 0 Å². The van der Waals surface area contributed by atoms with Crippen LogP contribution in [0.5, 0.6) is 5.75 Å². The SMILES string of the molecule is COc1ccc(N2C(=O)C[C@@H](N3CCN(c4cccc(C(F)(F)F)c4)CC3)C2=O)cc1. The number of rotatable bonds is 4. The molecular weight excluding hydrogens is 411 g/mol. The van der Waals surface area contributed by atoms with Gasteiger partial charge < -0.3 is 9.64 Å². The van der Waals surface area contributed by atoms with Crippen molar-refractivity contribution in [2.24, 2.45) is 0 Å². The van der Waals surface area contributed by atoms with Gasteiger partial charge in [0, 0.05) is 31.9 Å². The molecule has 2 aliphatic heterocycles. The Morgan fingerprint density at radius 1 is 0.935 bits per heavy atom. The van der Waals surface area contributed by atoms with Crippen molar-refractivity contribution in [2.45, 2.75) is 18.6 Å². The number of methoxy groups -OCH3 is 1. The molecule has 2 aromatic rings. The topological polar surface area (TPSA) is 53.1 Å². The minimum atomic E-state index is -4.39. The Morgan fingerprint density at radius 3 is 2.23 bits per heavy atom. The molecule has 2 amide bonds. The van der Waals surface area contributed by atoms with E-state index in [0.717, 1.165) is 12.1 Å². The van der Waals surface area contributed by atoms with Crippen LogP contribution in [0.2, 0.25) is 0 Å². The molecule has 2 fully saturated rings. The summed E-state index contributed by atoms with van der Waals surface area (Å²) < 4.78 is 44.1. The molecule has 0 spiro atoms. The zero-order valence-corrected chi connectivity index (χ0v) is 16.9. The molecule has 2 saturated heterocycles. The van der Waals surface area contributed by atoms with Crippen LogP contribution in [0, 0.1) is 0 Å². The van der Waals surface area contributed by atoms with Crippen LogP contribution >= 0.6 is 0 Å². The molecule has 0 bridgehead atoms. The van der Waals surface area contributed by atoms with Crippen LogP contribution in [0.25, 0.3) is 0 Å². The van der Waals surface area contributed by atoms with E-state index in [9.17, 15) is 22.8 Å². The van der Waals surface area contributed by atoms with E-state index in [0.29, 0.717) is 43.3 Å². The quantitative estimate of drug-likeness (QED) is 0.694. The van der Waals surface area contributed by atoms with Crippen molar-refractivity contribution < 1.29 is 27.5 Å². The first-order chi connectivity index (χ1) is 14.8. The van der Waals surface area contributed by atoms with Gasteiger partial charge in [-0.1, -0.05) is 6.07 Å². The van der Waals surface area contributed by atoms with Crippen molar-refractivity contribution in [2.75, 3.05) is 43.1 Å². The van der Waals surface area contributed by atoms with Crippen molar-refractivity contribution in [3.8, 4) is 5.75 Å². The lowest BCUT2D eigenvalue weighted by molar-refractivity contribution is -0.137. The minimum absolute atomic E-state index is 0.0917. The maximum absolute atomic E-state index is 13.0. The number of ether oxygens (including phenoxy) is 1. The maximum Gasteiger partial charge on any atom is 0.416 e. The number of carbonyl (C=O) groups excluding carboxylic acids is 2. The number of hydrogen-bond donors (Lipinski definition) is 0. The highest BCUT2D eigenvalue weighted by Crippen LogP contribution is 2.32. The van der Waals surface area contributed by atoms with E-state index < -0.39 is 17.8 Å². The van der Waals surface area contributed by atoms with E-state index in [1.165, 1.54) is 18.1 Å². The maximum atomic E-state index is 13.0. The molecule has 0 radical (unpaired) electrons. The average Bonchev–Trinajstić information content (AvgIpc) is 3.07. The Balaban J connectivity index is 1.42. The second-order valence-electron chi connectivity index (χ2n) is 7.56. The Morgan fingerprint density at radius 2 is 1.61 bits per heavy atom. The van der Waals surface area contributed by atoms with E-state index in [2.05, 4.69) is 0 Å². The van der Waals surface area contributed by atoms with Gasteiger partial charge in [0.2, 0.25) is 5.91 Å². The lowest BCUT2D eigenvalue weighted by Gasteiger charge is -2.38. The first-order valence-electron chi connectivity index (χ1n) is 9.95. The summed E-state index contributed by atoms with van der Waals surface area (Å²) in [4.78, 5) is 30.5. The van der Waals surface area contributed by atoms with Gasteiger partial charge in [-0.05, 0) is 42.5 Å². The van der Waals surface area contributed by atoms with E-state index in [1.54, 1.807) is 30.3 Å². The molecule has 2 aliphatic rings. The van der Waals surface area contributed by atoms with Gasteiger partial charge in [0.05, 0.1) is 30.8 Å². The second kappa shape index (κ2) is 8.22. The summed E-state index contributed by atoms with van der Waals surface area (Å²) in [6.07, 6.45) is -4.30. The first-order valence-corrected chi connectivity index (χ1v) is 9.95. The Hall–Kier alpha value is -3.07. The average molecular weight is 433 g/mol. The molecule has 1 atom stereocenters. The molecule has 0 saturated carbocycles. The highest BCUT2D eigenvalue weighted by atomic mass is 19.4. The van der Waals surface area contributed by atoms with Gasteiger partial charge in [0.25, 0.3) is 5.91 Å². The highest BCUT2D eigenvalue weighted by Gasteiger charge is 2.43. The lowest BCUT2D eigenvalue weighted by Crippen LogP contribution is -2.52. The molecule has 0 aliphatic carbocycles. The normalized spacial score (nSPS) is 20.5. The van der Waals surface area contributed by atoms with Crippen molar-refractivity contribution in [3.05, 3.63) is 54.1 Å². The third-order valence-corrected chi connectivity index (χ3v) is 5.75. The number of alkyl halides is 3. The molecular formula is C22H22F3N3O3. The van der Waals surface area contributed by atoms with Crippen molar-refractivity contribution in [1.82, 2.24) is 4.90 Å². The van der Waals surface area contributed by atoms with Gasteiger partial charge in [0.1, 0.15) is 5.75 Å². The summed E-state index contributed by atoms with van der Waals surface area (Å²) in [6, 6.07) is 11.4. The summed E-state index contributed by atoms with van der Waals surface area (Å²) in [5, 5.41) is 0. The minimum Gasteiger partial charge on any atom is -0.497 e. The van der Waals surface area contributed by atoms with Crippen LogP contribution in [-0.2, 0) is 15.8 Å². The molecule has 0 unspecified atom stereocenters. The van der Waals surface area contributed by atoms with Crippen molar-refractivity contribution in [3.63, 3.8) is 0 Å². The molecule has 0 N–H and O–H groups in total. The van der Waals surface area contributed by atoms with Crippen LogP contribution in [-0.4, -0.2) is 56.0 Å². The summed E-state index contributed by atoms with van der Waals surface area (Å²) in [5.74, 6) is 0.0910. The van der Waals surface area contributed by atoms with Gasteiger partial charge >= 0.3 is 6.18 Å². The lowest BCUT2D eigenvalue weighted by atomic mass is 10.1. The van der Waals surface area contributed by atoms with Crippen LogP contribution in [0.3, 0.4) is 0 Å². The van der Waals surface area contributed by atoms with Crippen LogP contribution in [0.15, 0.2) is 48.5 Å². The molecule has 31 heavy (non-hydrogen) atoms. The van der Waals surface area contributed by atoms with Crippen molar-refractivity contribution >= 4 is 23.2 Å². The summed E-state index contributed by atoms with van der Waals surface area (Å²) in [5.41, 5.74) is 0.322. The number of benzene rings is 2. The summed E-state index contributed by atoms with van der Waals surface area (Å²) in [6.45, 7) is 1.91. The second-order valence-corrected chi connectivity index (χ2v) is 7.56. The first kappa shape index (κ1) is 21.2. The fraction of sp³-hybridized carbons (Fsp3) is 0.364. The number of piperazine rings is 1. The largest absolute Gasteiger partial charge is 0.497 e. The van der Waals surface area contributed by atoms with Gasteiger partial charge in [0.15, 0.2) is 0 Å². The van der Waals surface area contributed by atoms with Gasteiger partial charge in [-0.3, -0.25) is 14.5 Å². The predicted molar refractivity (Wildman–Crippen MR) is 109 cm³/mol. The fourth-order valence-corrected chi connectivity index (χ4v) is 4.07. The Labute approximate surface area is 177 Å². The summed E-state index contributed by atoms with van der Waals surface area (Å²) >= 11 is 0. The number of carbonyl (C=O) groups is 2. The van der Waals surface area contributed by atoms with Gasteiger partial charge in [-0.2, -0.15) is 13.2 Å². The Kier molecular flexibility index (Phi) is 5.62. The summed E-state index contributed by atoms with van der Waals surface area (Å²) in [7, 11) is 1.54. The van der Waals surface area contributed by atoms with Gasteiger partial charge in [-0.15, -0.1) is 0 Å². The highest BCUT2D eigenvalue weighted by molar-refractivity contribution is 6.22. The molecule has 164 valence electrons. The number of hydrogen-bond acceptors (Lipinski definition) is 5. The number of amides is 2. The monoisotopic (exact) mass is 433 g/mol. The molecule has 0 aromatic heterocycles. The van der Waals surface area contributed by atoms with Crippen molar-refractivity contribution in [1.29, 1.82) is 0 Å². The van der Waals surface area contributed by atoms with E-state index in [-0.39, 0.29) is 18.2 Å². The third kappa shape index (κ3) is 4.23. The van der Waals surface area contributed by atoms with Crippen LogP contribution in [0.4, 0.5) is 24.5 Å². The zero-order chi connectivity index (χ0) is 22.2. The molecule has 4 rings (SSSR count).